The van der Waals surface area contributed by atoms with Crippen molar-refractivity contribution in [3.63, 3.8) is 0 Å². The zero-order valence-electron chi connectivity index (χ0n) is 8.99. The molecule has 0 spiro atoms. The number of rotatable bonds is 2. The third-order valence-corrected chi connectivity index (χ3v) is 2.33. The molecule has 0 saturated carbocycles. The Morgan fingerprint density at radius 3 is 2.59 bits per heavy atom. The van der Waals surface area contributed by atoms with Gasteiger partial charge in [-0.05, 0) is 12.1 Å². The lowest BCUT2D eigenvalue weighted by Crippen LogP contribution is -2.11. The number of alkyl halides is 3. The van der Waals surface area contributed by atoms with Gasteiger partial charge in [0.05, 0.1) is 11.3 Å². The van der Waals surface area contributed by atoms with E-state index in [0.29, 0.717) is 5.95 Å². The second-order valence-electron chi connectivity index (χ2n) is 3.39. The molecule has 0 bridgehead atoms. The highest BCUT2D eigenvalue weighted by Crippen LogP contribution is 2.34. The molecule has 1 heterocycles. The summed E-state index contributed by atoms with van der Waals surface area (Å²) in [5, 5.41) is 2.74. The molecule has 1 aromatic heterocycles. The second kappa shape index (κ2) is 4.12. The fourth-order valence-electron chi connectivity index (χ4n) is 1.61. The molecule has 0 aliphatic rings. The molecule has 0 radical (unpaired) electrons. The van der Waals surface area contributed by atoms with Crippen molar-refractivity contribution in [2.45, 2.75) is 6.18 Å². The summed E-state index contributed by atoms with van der Waals surface area (Å²) in [6, 6.07) is 5.38. The summed E-state index contributed by atoms with van der Waals surface area (Å²) in [6.45, 7) is 0. The first kappa shape index (κ1) is 11.5. The number of imidazole rings is 1. The van der Waals surface area contributed by atoms with Crippen LogP contribution < -0.4 is 5.32 Å². The van der Waals surface area contributed by atoms with Gasteiger partial charge in [0.15, 0.2) is 0 Å². The van der Waals surface area contributed by atoms with Crippen LogP contribution in [0.3, 0.4) is 0 Å². The van der Waals surface area contributed by atoms with E-state index in [2.05, 4.69) is 10.3 Å². The van der Waals surface area contributed by atoms with Gasteiger partial charge in [-0.1, -0.05) is 12.1 Å². The van der Waals surface area contributed by atoms with Crippen LogP contribution in [0.2, 0.25) is 0 Å². The minimum Gasteiger partial charge on any atom is -0.358 e. The van der Waals surface area contributed by atoms with Crippen LogP contribution >= 0.6 is 0 Å². The van der Waals surface area contributed by atoms with Gasteiger partial charge >= 0.3 is 6.18 Å². The van der Waals surface area contributed by atoms with Crippen molar-refractivity contribution in [2.75, 3.05) is 12.4 Å². The third kappa shape index (κ3) is 2.11. The molecular weight excluding hydrogens is 231 g/mol. The number of halogens is 3. The minimum absolute atomic E-state index is 0.0573. The normalized spacial score (nSPS) is 11.5. The Morgan fingerprint density at radius 1 is 1.24 bits per heavy atom. The van der Waals surface area contributed by atoms with Gasteiger partial charge in [0.1, 0.15) is 0 Å². The first-order valence-corrected chi connectivity index (χ1v) is 4.91. The van der Waals surface area contributed by atoms with Crippen molar-refractivity contribution in [1.29, 1.82) is 0 Å². The van der Waals surface area contributed by atoms with Crippen molar-refractivity contribution in [2.24, 2.45) is 0 Å². The maximum Gasteiger partial charge on any atom is 0.418 e. The zero-order valence-corrected chi connectivity index (χ0v) is 8.99. The van der Waals surface area contributed by atoms with Crippen LogP contribution in [0.25, 0.3) is 5.69 Å². The molecule has 0 saturated heterocycles. The first-order valence-electron chi connectivity index (χ1n) is 4.91. The van der Waals surface area contributed by atoms with E-state index in [1.807, 2.05) is 0 Å². The second-order valence-corrected chi connectivity index (χ2v) is 3.39. The molecule has 1 aromatic carbocycles. The van der Waals surface area contributed by atoms with Crippen molar-refractivity contribution in [3.8, 4) is 5.69 Å². The fourth-order valence-corrected chi connectivity index (χ4v) is 1.61. The summed E-state index contributed by atoms with van der Waals surface area (Å²) < 4.78 is 39.8. The molecule has 6 heteroatoms. The lowest BCUT2D eigenvalue weighted by atomic mass is 10.1. The molecular formula is C11H10F3N3. The SMILES string of the molecule is CNc1nccn1-c1ccccc1C(F)(F)F. The van der Waals surface area contributed by atoms with Gasteiger partial charge in [-0.15, -0.1) is 0 Å². The Morgan fingerprint density at radius 2 is 1.94 bits per heavy atom. The molecule has 0 fully saturated rings. The van der Waals surface area contributed by atoms with Crippen molar-refractivity contribution < 1.29 is 13.2 Å². The van der Waals surface area contributed by atoms with Gasteiger partial charge in [0.2, 0.25) is 5.95 Å². The van der Waals surface area contributed by atoms with E-state index in [4.69, 9.17) is 0 Å². The molecule has 2 rings (SSSR count). The molecule has 90 valence electrons. The van der Waals surface area contributed by atoms with E-state index in [1.165, 1.54) is 29.1 Å². The van der Waals surface area contributed by atoms with Gasteiger partial charge in [-0.3, -0.25) is 4.57 Å². The monoisotopic (exact) mass is 241 g/mol. The van der Waals surface area contributed by atoms with E-state index in [1.54, 1.807) is 13.1 Å². The van der Waals surface area contributed by atoms with Crippen LogP contribution in [0.1, 0.15) is 5.56 Å². The van der Waals surface area contributed by atoms with Gasteiger partial charge in [-0.25, -0.2) is 4.98 Å². The minimum atomic E-state index is -4.38. The largest absolute Gasteiger partial charge is 0.418 e. The maximum absolute atomic E-state index is 12.8. The molecule has 2 aromatic rings. The average Bonchev–Trinajstić information content (AvgIpc) is 2.75. The van der Waals surface area contributed by atoms with E-state index in [9.17, 15) is 13.2 Å². The summed E-state index contributed by atoms with van der Waals surface area (Å²) in [5.74, 6) is 0.363. The van der Waals surface area contributed by atoms with E-state index >= 15 is 0 Å². The molecule has 3 nitrogen and oxygen atoms in total. The van der Waals surface area contributed by atoms with E-state index in [-0.39, 0.29) is 5.69 Å². The van der Waals surface area contributed by atoms with Crippen molar-refractivity contribution in [1.82, 2.24) is 9.55 Å². The molecule has 0 aliphatic heterocycles. The van der Waals surface area contributed by atoms with Crippen molar-refractivity contribution >= 4 is 5.95 Å². The van der Waals surface area contributed by atoms with Crippen LogP contribution in [0.5, 0.6) is 0 Å². The number of aromatic nitrogens is 2. The van der Waals surface area contributed by atoms with Gasteiger partial charge < -0.3 is 5.32 Å². The highest BCUT2D eigenvalue weighted by molar-refractivity contribution is 5.48. The number of para-hydroxylation sites is 1. The molecule has 1 N–H and O–H groups in total. The Kier molecular flexibility index (Phi) is 2.79. The summed E-state index contributed by atoms with van der Waals surface area (Å²) in [5.41, 5.74) is -0.628. The third-order valence-electron chi connectivity index (χ3n) is 2.33. The lowest BCUT2D eigenvalue weighted by molar-refractivity contribution is -0.137. The summed E-state index contributed by atoms with van der Waals surface area (Å²) in [6.07, 6.45) is -1.46. The lowest BCUT2D eigenvalue weighted by Gasteiger charge is -2.14. The van der Waals surface area contributed by atoms with Gasteiger partial charge in [0.25, 0.3) is 0 Å². The fraction of sp³-hybridized carbons (Fsp3) is 0.182. The zero-order chi connectivity index (χ0) is 12.5. The summed E-state index contributed by atoms with van der Waals surface area (Å²) in [4.78, 5) is 3.92. The number of anilines is 1. The molecule has 0 amide bonds. The number of hydrogen-bond donors (Lipinski definition) is 1. The Labute approximate surface area is 95.9 Å². The summed E-state index contributed by atoms with van der Waals surface area (Å²) >= 11 is 0. The van der Waals surface area contributed by atoms with Crippen LogP contribution in [0.15, 0.2) is 36.7 Å². The quantitative estimate of drug-likeness (QED) is 0.876. The first-order chi connectivity index (χ1) is 8.04. The van der Waals surface area contributed by atoms with Crippen LogP contribution in [0.4, 0.5) is 19.1 Å². The van der Waals surface area contributed by atoms with E-state index in [0.717, 1.165) is 6.07 Å². The molecule has 0 unspecified atom stereocenters. The smallest absolute Gasteiger partial charge is 0.358 e. The Hall–Kier alpha value is -1.98. The highest BCUT2D eigenvalue weighted by Gasteiger charge is 2.33. The van der Waals surface area contributed by atoms with Crippen LogP contribution in [0, 0.1) is 0 Å². The van der Waals surface area contributed by atoms with E-state index < -0.39 is 11.7 Å². The Bertz CT molecular complexity index is 517. The number of hydrogen-bond acceptors (Lipinski definition) is 2. The van der Waals surface area contributed by atoms with Crippen molar-refractivity contribution in [3.05, 3.63) is 42.2 Å². The predicted molar refractivity (Wildman–Crippen MR) is 58.1 cm³/mol. The topological polar surface area (TPSA) is 29.9 Å². The van der Waals surface area contributed by atoms with Crippen LogP contribution in [-0.4, -0.2) is 16.6 Å². The molecule has 17 heavy (non-hydrogen) atoms. The van der Waals surface area contributed by atoms with Gasteiger partial charge in [-0.2, -0.15) is 13.2 Å². The highest BCUT2D eigenvalue weighted by atomic mass is 19.4. The van der Waals surface area contributed by atoms with Crippen LogP contribution in [-0.2, 0) is 6.18 Å². The number of nitrogens with zero attached hydrogens (tertiary/aromatic N) is 2. The van der Waals surface area contributed by atoms with Gasteiger partial charge in [0, 0.05) is 19.4 Å². The molecule has 0 atom stereocenters. The summed E-state index contributed by atoms with van der Waals surface area (Å²) in [7, 11) is 1.61. The number of nitrogens with one attached hydrogen (secondary N) is 1. The molecule has 0 aliphatic carbocycles. The average molecular weight is 241 g/mol. The Balaban J connectivity index is 2.60. The predicted octanol–water partition coefficient (Wildman–Crippen LogP) is 2.93. The maximum atomic E-state index is 12.8. The number of benzene rings is 1. The standard InChI is InChI=1S/C11H10F3N3/c1-15-10-16-6-7-17(10)9-5-3-2-4-8(9)11(12,13)14/h2-7H,1H3,(H,15,16).